The number of carbonyl (C=O) groups is 1. The van der Waals surface area contributed by atoms with Gasteiger partial charge in [-0.25, -0.2) is 8.42 Å². The Morgan fingerprint density at radius 3 is 2.07 bits per heavy atom. The first-order valence-corrected chi connectivity index (χ1v) is 11.8. The fourth-order valence-electron chi connectivity index (χ4n) is 2.69. The standard InChI is InChI=1S/C21H32N4O4S/c1-6-8-14-25(15-9-7-2)30(27,28)17-12-10-16(11-13-17)18(26)22-20-24-23-19(29-20)21(3,4)5/h10-13H,6-9,14-15H2,1-5H3,(H,22,24,26). The quantitative estimate of drug-likeness (QED) is 0.598. The van der Waals surface area contributed by atoms with E-state index in [1.807, 2.05) is 34.6 Å². The van der Waals surface area contributed by atoms with Gasteiger partial charge in [0.15, 0.2) is 0 Å². The van der Waals surface area contributed by atoms with Crippen molar-refractivity contribution in [3.63, 3.8) is 0 Å². The van der Waals surface area contributed by atoms with Crippen molar-refractivity contribution >= 4 is 21.9 Å². The molecule has 0 aliphatic rings. The van der Waals surface area contributed by atoms with Crippen molar-refractivity contribution in [2.24, 2.45) is 0 Å². The second-order valence-electron chi connectivity index (χ2n) is 8.25. The van der Waals surface area contributed by atoms with Gasteiger partial charge in [-0.1, -0.05) is 52.6 Å². The van der Waals surface area contributed by atoms with Gasteiger partial charge in [0.2, 0.25) is 15.9 Å². The Balaban J connectivity index is 2.13. The van der Waals surface area contributed by atoms with Crippen LogP contribution in [0.4, 0.5) is 6.01 Å². The van der Waals surface area contributed by atoms with E-state index in [2.05, 4.69) is 15.5 Å². The summed E-state index contributed by atoms with van der Waals surface area (Å²) in [5, 5.41) is 10.3. The third-order valence-electron chi connectivity index (χ3n) is 4.56. The predicted molar refractivity (Wildman–Crippen MR) is 116 cm³/mol. The minimum atomic E-state index is -3.60. The van der Waals surface area contributed by atoms with Gasteiger partial charge in [-0.2, -0.15) is 4.31 Å². The van der Waals surface area contributed by atoms with Gasteiger partial charge >= 0.3 is 6.01 Å². The molecule has 0 aliphatic heterocycles. The number of carbonyl (C=O) groups excluding carboxylic acids is 1. The molecule has 8 nitrogen and oxygen atoms in total. The Bertz CT molecular complexity index is 923. The topological polar surface area (TPSA) is 105 Å². The molecule has 1 amide bonds. The Hall–Kier alpha value is -2.26. The molecule has 2 aromatic rings. The van der Waals surface area contributed by atoms with Gasteiger partial charge in [0.25, 0.3) is 5.91 Å². The van der Waals surface area contributed by atoms with Crippen LogP contribution in [0.3, 0.4) is 0 Å². The van der Waals surface area contributed by atoms with Crippen molar-refractivity contribution in [3.05, 3.63) is 35.7 Å². The smallest absolute Gasteiger partial charge is 0.322 e. The first-order chi connectivity index (χ1) is 14.1. The molecule has 0 spiro atoms. The fourth-order valence-corrected chi connectivity index (χ4v) is 4.21. The summed E-state index contributed by atoms with van der Waals surface area (Å²) in [5.41, 5.74) is -0.0222. The highest BCUT2D eigenvalue weighted by atomic mass is 32.2. The van der Waals surface area contributed by atoms with Crippen LogP contribution < -0.4 is 5.32 Å². The van der Waals surface area contributed by atoms with Crippen LogP contribution >= 0.6 is 0 Å². The maximum Gasteiger partial charge on any atom is 0.322 e. The van der Waals surface area contributed by atoms with Crippen molar-refractivity contribution in [3.8, 4) is 0 Å². The van der Waals surface area contributed by atoms with Crippen LogP contribution in [0.5, 0.6) is 0 Å². The maximum absolute atomic E-state index is 13.0. The van der Waals surface area contributed by atoms with Crippen LogP contribution in [0.1, 0.15) is 76.6 Å². The summed E-state index contributed by atoms with van der Waals surface area (Å²) in [7, 11) is -3.60. The first-order valence-electron chi connectivity index (χ1n) is 10.3. The minimum absolute atomic E-state index is 0.00642. The number of nitrogens with zero attached hydrogens (tertiary/aromatic N) is 3. The van der Waals surface area contributed by atoms with E-state index in [0.29, 0.717) is 24.5 Å². The van der Waals surface area contributed by atoms with Gasteiger partial charge in [0, 0.05) is 24.1 Å². The van der Waals surface area contributed by atoms with Crippen LogP contribution in [-0.4, -0.2) is 41.9 Å². The Kier molecular flexibility index (Phi) is 8.14. The van der Waals surface area contributed by atoms with E-state index in [1.54, 1.807) is 0 Å². The minimum Gasteiger partial charge on any atom is -0.407 e. The molecule has 0 saturated carbocycles. The number of benzene rings is 1. The summed E-state index contributed by atoms with van der Waals surface area (Å²) in [5.74, 6) is -0.0321. The zero-order valence-electron chi connectivity index (χ0n) is 18.4. The van der Waals surface area contributed by atoms with Gasteiger partial charge in [0.1, 0.15) is 0 Å². The molecule has 1 aromatic heterocycles. The normalized spacial score (nSPS) is 12.3. The zero-order chi connectivity index (χ0) is 22.4. The zero-order valence-corrected chi connectivity index (χ0v) is 19.3. The van der Waals surface area contributed by atoms with Crippen molar-refractivity contribution in [2.45, 2.75) is 70.6 Å². The lowest BCUT2D eigenvalue weighted by Gasteiger charge is -2.22. The van der Waals surface area contributed by atoms with E-state index < -0.39 is 15.9 Å². The monoisotopic (exact) mass is 436 g/mol. The molecule has 2 rings (SSSR count). The average Bonchev–Trinajstić information content (AvgIpc) is 3.17. The van der Waals surface area contributed by atoms with E-state index in [4.69, 9.17) is 4.42 Å². The Morgan fingerprint density at radius 2 is 1.60 bits per heavy atom. The van der Waals surface area contributed by atoms with Crippen molar-refractivity contribution < 1.29 is 17.6 Å². The fraction of sp³-hybridized carbons (Fsp3) is 0.571. The third kappa shape index (κ3) is 6.12. The number of sulfonamides is 1. The molecule has 1 N–H and O–H groups in total. The van der Waals surface area contributed by atoms with Gasteiger partial charge in [0.05, 0.1) is 4.90 Å². The summed E-state index contributed by atoms with van der Waals surface area (Å²) >= 11 is 0. The third-order valence-corrected chi connectivity index (χ3v) is 6.48. The largest absolute Gasteiger partial charge is 0.407 e. The highest BCUT2D eigenvalue weighted by Crippen LogP contribution is 2.22. The highest BCUT2D eigenvalue weighted by Gasteiger charge is 2.25. The molecular formula is C21H32N4O4S. The molecule has 0 radical (unpaired) electrons. The van der Waals surface area contributed by atoms with Crippen LogP contribution in [-0.2, 0) is 15.4 Å². The Morgan fingerprint density at radius 1 is 1.03 bits per heavy atom. The molecule has 30 heavy (non-hydrogen) atoms. The number of aromatic nitrogens is 2. The highest BCUT2D eigenvalue weighted by molar-refractivity contribution is 7.89. The van der Waals surface area contributed by atoms with E-state index in [1.165, 1.54) is 28.6 Å². The average molecular weight is 437 g/mol. The van der Waals surface area contributed by atoms with Gasteiger partial charge < -0.3 is 4.42 Å². The molecule has 0 saturated heterocycles. The molecule has 0 bridgehead atoms. The lowest BCUT2D eigenvalue weighted by atomic mass is 9.97. The molecule has 0 unspecified atom stereocenters. The number of anilines is 1. The molecule has 1 heterocycles. The van der Waals surface area contributed by atoms with Crippen LogP contribution in [0.25, 0.3) is 0 Å². The van der Waals surface area contributed by atoms with Crippen molar-refractivity contribution in [1.29, 1.82) is 0 Å². The van der Waals surface area contributed by atoms with Crippen LogP contribution in [0.15, 0.2) is 33.6 Å². The van der Waals surface area contributed by atoms with E-state index in [-0.39, 0.29) is 16.3 Å². The molecule has 0 fully saturated rings. The number of nitrogens with one attached hydrogen (secondary N) is 1. The summed E-state index contributed by atoms with van der Waals surface area (Å²) in [6.07, 6.45) is 3.46. The molecule has 9 heteroatoms. The van der Waals surface area contributed by atoms with E-state index in [0.717, 1.165) is 25.7 Å². The molecule has 166 valence electrons. The lowest BCUT2D eigenvalue weighted by molar-refractivity contribution is 0.102. The molecular weight excluding hydrogens is 404 g/mol. The molecule has 0 aliphatic carbocycles. The van der Waals surface area contributed by atoms with Crippen LogP contribution in [0, 0.1) is 0 Å². The summed E-state index contributed by atoms with van der Waals surface area (Å²) in [6, 6.07) is 5.90. The lowest BCUT2D eigenvalue weighted by Crippen LogP contribution is -2.33. The van der Waals surface area contributed by atoms with Crippen molar-refractivity contribution in [1.82, 2.24) is 14.5 Å². The summed E-state index contributed by atoms with van der Waals surface area (Å²) < 4.78 is 33.0. The number of rotatable bonds is 10. The second-order valence-corrected chi connectivity index (χ2v) is 10.2. The maximum atomic E-state index is 13.0. The predicted octanol–water partition coefficient (Wildman–Crippen LogP) is 4.21. The first kappa shape index (κ1) is 24.0. The summed E-state index contributed by atoms with van der Waals surface area (Å²) in [4.78, 5) is 12.6. The molecule has 1 aromatic carbocycles. The van der Waals surface area contributed by atoms with E-state index in [9.17, 15) is 13.2 Å². The number of amides is 1. The van der Waals surface area contributed by atoms with Crippen molar-refractivity contribution in [2.75, 3.05) is 18.4 Å². The SMILES string of the molecule is CCCCN(CCCC)S(=O)(=O)c1ccc(C(=O)Nc2nnc(C(C)(C)C)o2)cc1. The molecule has 0 atom stereocenters. The van der Waals surface area contributed by atoms with E-state index >= 15 is 0 Å². The Labute approximate surface area is 179 Å². The number of unbranched alkanes of at least 4 members (excludes halogenated alkanes) is 2. The van der Waals surface area contributed by atoms with Crippen LogP contribution in [0.2, 0.25) is 0 Å². The second kappa shape index (κ2) is 10.2. The van der Waals surface area contributed by atoms with Gasteiger partial charge in [-0.15, -0.1) is 5.10 Å². The number of hydrogen-bond acceptors (Lipinski definition) is 6. The summed E-state index contributed by atoms with van der Waals surface area (Å²) in [6.45, 7) is 10.8. The van der Waals surface area contributed by atoms with Gasteiger partial charge in [-0.05, 0) is 37.1 Å². The van der Waals surface area contributed by atoms with Gasteiger partial charge in [-0.3, -0.25) is 10.1 Å². The number of hydrogen-bond donors (Lipinski definition) is 1.